The summed E-state index contributed by atoms with van der Waals surface area (Å²) in [5.41, 5.74) is 8.45. The average Bonchev–Trinajstić information content (AvgIpc) is 1.81. The summed E-state index contributed by atoms with van der Waals surface area (Å²) in [6.07, 6.45) is 0.478. The third-order valence-electron chi connectivity index (χ3n) is 1.61. The lowest BCUT2D eigenvalue weighted by molar-refractivity contribution is -0.116. The summed E-state index contributed by atoms with van der Waals surface area (Å²) in [7, 11) is 0. The Morgan fingerprint density at radius 3 is 2.58 bits per heavy atom. The van der Waals surface area contributed by atoms with Gasteiger partial charge in [-0.15, -0.1) is 0 Å². The van der Waals surface area contributed by atoms with Gasteiger partial charge in [0.15, 0.2) is 0 Å². The van der Waals surface area contributed by atoms with E-state index in [4.69, 9.17) is 5.73 Å². The highest BCUT2D eigenvalue weighted by molar-refractivity contribution is 5.78. The number of aryl methyl sites for hydroxylation is 1. The van der Waals surface area contributed by atoms with Crippen molar-refractivity contribution in [3.63, 3.8) is 0 Å². The van der Waals surface area contributed by atoms with E-state index in [0.29, 0.717) is 6.42 Å². The fourth-order valence-corrected chi connectivity index (χ4v) is 1.28. The number of ketones is 1. The van der Waals surface area contributed by atoms with E-state index in [9.17, 15) is 4.79 Å². The SMILES string of the molecule is CC(=O)Cc1cc(C)cc(N)c1. The van der Waals surface area contributed by atoms with E-state index in [1.54, 1.807) is 6.92 Å². The lowest BCUT2D eigenvalue weighted by atomic mass is 10.1. The molecule has 0 aliphatic rings. The fraction of sp³-hybridized carbons (Fsp3) is 0.300. The van der Waals surface area contributed by atoms with E-state index in [-0.39, 0.29) is 5.78 Å². The molecule has 64 valence electrons. The Hall–Kier alpha value is -1.31. The third kappa shape index (κ3) is 2.38. The second kappa shape index (κ2) is 3.39. The van der Waals surface area contributed by atoms with Crippen LogP contribution in [0, 0.1) is 6.92 Å². The van der Waals surface area contributed by atoms with Crippen LogP contribution in [-0.2, 0) is 11.2 Å². The van der Waals surface area contributed by atoms with Gasteiger partial charge < -0.3 is 5.73 Å². The molecule has 0 aliphatic carbocycles. The molecule has 1 aromatic carbocycles. The van der Waals surface area contributed by atoms with Crippen LogP contribution in [-0.4, -0.2) is 5.78 Å². The van der Waals surface area contributed by atoms with Crippen molar-refractivity contribution in [1.82, 2.24) is 0 Å². The van der Waals surface area contributed by atoms with Gasteiger partial charge in [-0.1, -0.05) is 6.07 Å². The molecule has 1 aromatic rings. The molecule has 0 bridgehead atoms. The zero-order valence-electron chi connectivity index (χ0n) is 7.42. The van der Waals surface area contributed by atoms with Gasteiger partial charge >= 0.3 is 0 Å². The van der Waals surface area contributed by atoms with Crippen LogP contribution in [0.3, 0.4) is 0 Å². The first-order valence-electron chi connectivity index (χ1n) is 3.93. The van der Waals surface area contributed by atoms with Gasteiger partial charge in [0.25, 0.3) is 0 Å². The minimum absolute atomic E-state index is 0.167. The monoisotopic (exact) mass is 163 g/mol. The maximum Gasteiger partial charge on any atom is 0.134 e. The number of hydrogen-bond acceptors (Lipinski definition) is 2. The van der Waals surface area contributed by atoms with Crippen molar-refractivity contribution in [1.29, 1.82) is 0 Å². The molecule has 2 N–H and O–H groups in total. The largest absolute Gasteiger partial charge is 0.399 e. The molecule has 0 saturated heterocycles. The maximum absolute atomic E-state index is 10.8. The van der Waals surface area contributed by atoms with E-state index in [1.165, 1.54) is 0 Å². The van der Waals surface area contributed by atoms with Crippen molar-refractivity contribution < 1.29 is 4.79 Å². The van der Waals surface area contributed by atoms with Crippen molar-refractivity contribution >= 4 is 11.5 Å². The Bertz CT molecular complexity index is 284. The highest BCUT2D eigenvalue weighted by atomic mass is 16.1. The molecule has 0 unspecified atom stereocenters. The zero-order chi connectivity index (χ0) is 9.14. The van der Waals surface area contributed by atoms with Gasteiger partial charge in [0.1, 0.15) is 5.78 Å². The van der Waals surface area contributed by atoms with Crippen molar-refractivity contribution in [2.24, 2.45) is 0 Å². The molecular weight excluding hydrogens is 150 g/mol. The summed E-state index contributed by atoms with van der Waals surface area (Å²) in [5.74, 6) is 0.167. The van der Waals surface area contributed by atoms with Crippen LogP contribution in [0.1, 0.15) is 18.1 Å². The molecule has 2 nitrogen and oxygen atoms in total. The molecule has 0 aliphatic heterocycles. The van der Waals surface area contributed by atoms with Gasteiger partial charge in [-0.25, -0.2) is 0 Å². The summed E-state index contributed by atoms with van der Waals surface area (Å²) in [5, 5.41) is 0. The number of nitrogens with two attached hydrogens (primary N) is 1. The van der Waals surface area contributed by atoms with Crippen molar-refractivity contribution in [3.05, 3.63) is 29.3 Å². The Morgan fingerprint density at radius 2 is 2.08 bits per heavy atom. The van der Waals surface area contributed by atoms with Crippen LogP contribution >= 0.6 is 0 Å². The minimum Gasteiger partial charge on any atom is -0.399 e. The highest BCUT2D eigenvalue weighted by Crippen LogP contribution is 2.11. The zero-order valence-corrected chi connectivity index (χ0v) is 7.42. The first-order chi connectivity index (χ1) is 5.58. The number of benzene rings is 1. The number of rotatable bonds is 2. The van der Waals surface area contributed by atoms with Crippen LogP contribution in [0.25, 0.3) is 0 Å². The molecular formula is C10H13NO. The van der Waals surface area contributed by atoms with Gasteiger partial charge in [-0.3, -0.25) is 4.79 Å². The Balaban J connectivity index is 2.93. The summed E-state index contributed by atoms with van der Waals surface area (Å²) in [4.78, 5) is 10.8. The van der Waals surface area contributed by atoms with E-state index in [0.717, 1.165) is 16.8 Å². The quantitative estimate of drug-likeness (QED) is 0.674. The van der Waals surface area contributed by atoms with Gasteiger partial charge in [-0.05, 0) is 37.1 Å². The summed E-state index contributed by atoms with van der Waals surface area (Å²) in [6.45, 7) is 3.55. The van der Waals surface area contributed by atoms with Crippen LogP contribution in [0.4, 0.5) is 5.69 Å². The lowest BCUT2D eigenvalue weighted by Crippen LogP contribution is -1.98. The third-order valence-corrected chi connectivity index (χ3v) is 1.61. The van der Waals surface area contributed by atoms with Gasteiger partial charge in [0.2, 0.25) is 0 Å². The van der Waals surface area contributed by atoms with Crippen LogP contribution in [0.15, 0.2) is 18.2 Å². The number of carbonyl (C=O) groups is 1. The predicted molar refractivity (Wildman–Crippen MR) is 50.0 cm³/mol. The second-order valence-corrected chi connectivity index (χ2v) is 3.13. The van der Waals surface area contributed by atoms with E-state index < -0.39 is 0 Å². The summed E-state index contributed by atoms with van der Waals surface area (Å²) < 4.78 is 0. The molecule has 1 rings (SSSR count). The van der Waals surface area contributed by atoms with Crippen molar-refractivity contribution in [2.45, 2.75) is 20.3 Å². The van der Waals surface area contributed by atoms with Crippen LogP contribution in [0.5, 0.6) is 0 Å². The molecule has 0 radical (unpaired) electrons. The first-order valence-corrected chi connectivity index (χ1v) is 3.93. The van der Waals surface area contributed by atoms with Gasteiger partial charge in [0.05, 0.1) is 0 Å². The number of hydrogen-bond donors (Lipinski definition) is 1. The smallest absolute Gasteiger partial charge is 0.134 e. The van der Waals surface area contributed by atoms with Gasteiger partial charge in [0, 0.05) is 12.1 Å². The fourth-order valence-electron chi connectivity index (χ4n) is 1.28. The number of anilines is 1. The predicted octanol–water partition coefficient (Wildman–Crippen LogP) is 1.71. The molecule has 0 aromatic heterocycles. The Kier molecular flexibility index (Phi) is 2.48. The highest BCUT2D eigenvalue weighted by Gasteiger charge is 1.98. The molecule has 0 saturated carbocycles. The molecule has 12 heavy (non-hydrogen) atoms. The average molecular weight is 163 g/mol. The van der Waals surface area contributed by atoms with E-state index >= 15 is 0 Å². The lowest BCUT2D eigenvalue weighted by Gasteiger charge is -2.01. The molecule has 0 spiro atoms. The number of nitrogen functional groups attached to an aromatic ring is 1. The minimum atomic E-state index is 0.167. The molecule has 0 fully saturated rings. The summed E-state index contributed by atoms with van der Waals surface area (Å²) >= 11 is 0. The first kappa shape index (κ1) is 8.78. The van der Waals surface area contributed by atoms with Gasteiger partial charge in [-0.2, -0.15) is 0 Å². The van der Waals surface area contributed by atoms with E-state index in [2.05, 4.69) is 0 Å². The van der Waals surface area contributed by atoms with Crippen molar-refractivity contribution in [2.75, 3.05) is 5.73 Å². The van der Waals surface area contributed by atoms with Crippen LogP contribution < -0.4 is 5.73 Å². The van der Waals surface area contributed by atoms with Crippen LogP contribution in [0.2, 0.25) is 0 Å². The molecule has 2 heteroatoms. The number of carbonyl (C=O) groups excluding carboxylic acids is 1. The summed E-state index contributed by atoms with van der Waals surface area (Å²) in [6, 6.07) is 5.72. The standard InChI is InChI=1S/C10H13NO/c1-7-3-9(5-8(2)12)6-10(11)4-7/h3-4,6H,5,11H2,1-2H3. The molecule has 0 heterocycles. The Morgan fingerprint density at radius 1 is 1.42 bits per heavy atom. The number of Topliss-reactive ketones (excluding diaryl/α,β-unsaturated/α-hetero) is 1. The Labute approximate surface area is 72.4 Å². The molecule has 0 amide bonds. The topological polar surface area (TPSA) is 43.1 Å². The maximum atomic E-state index is 10.8. The normalized spacial score (nSPS) is 9.83. The second-order valence-electron chi connectivity index (χ2n) is 3.13. The van der Waals surface area contributed by atoms with Crippen molar-refractivity contribution in [3.8, 4) is 0 Å². The van der Waals surface area contributed by atoms with E-state index in [1.807, 2.05) is 25.1 Å². The molecule has 0 atom stereocenters.